The number of H-pyrrole nitrogens is 1. The van der Waals surface area contributed by atoms with Crippen molar-refractivity contribution in [2.75, 3.05) is 26.4 Å². The molecule has 1 aromatic heterocycles. The zero-order valence-electron chi connectivity index (χ0n) is 37.5. The van der Waals surface area contributed by atoms with E-state index in [0.717, 1.165) is 5.56 Å². The van der Waals surface area contributed by atoms with E-state index >= 15 is 0 Å². The number of aromatic hydroxyl groups is 1. The van der Waals surface area contributed by atoms with Crippen molar-refractivity contribution in [2.24, 2.45) is 5.73 Å². The predicted octanol–water partition coefficient (Wildman–Crippen LogP) is 3.99. The number of carbonyl (C=O) groups is 4. The first-order chi connectivity index (χ1) is 33.4. The Kier molecular flexibility index (Phi) is 16.0. The number of aldehydes is 1. The lowest BCUT2D eigenvalue weighted by molar-refractivity contribution is -0.0270. The van der Waals surface area contributed by atoms with Crippen LogP contribution in [0.1, 0.15) is 77.0 Å². The molecule has 8 N–H and O–H groups in total. The van der Waals surface area contributed by atoms with Gasteiger partial charge in [0.2, 0.25) is 0 Å². The Morgan fingerprint density at radius 1 is 0.812 bits per heavy atom. The standard InChI is InChI=1S/C51H50N6O12/c1-2-38(28-59)68-29-57-26-35(50(65)56-51(57)66)17-19-67-20-18-53-47(62)32-9-5-31(6-10-32)24-54-49(64)34-11-12-36(27-58)41(21-34)45-39-14-13-37(60)22-44(39)69-46-40(45)15-16-43(61)42(46)25-55-48(63)33-7-3-30(23-52)4-8-33/h3-16,21-22,26-27,38,59,61H,2,17-20,23-25,28-29,52H2,1H3,(H,53,62)(H,54,64)(H,55,63)(H,56,65,66)/t38-/m0/s1. The first-order valence-electron chi connectivity index (χ1n) is 22.1. The van der Waals surface area contributed by atoms with Gasteiger partial charge < -0.3 is 45.8 Å². The van der Waals surface area contributed by atoms with Crippen molar-refractivity contribution in [2.45, 2.75) is 52.2 Å². The highest BCUT2D eigenvalue weighted by Gasteiger charge is 2.24. The molecule has 2 aliphatic rings. The fourth-order valence-electron chi connectivity index (χ4n) is 7.52. The molecule has 0 saturated heterocycles. The van der Waals surface area contributed by atoms with Crippen LogP contribution in [-0.4, -0.2) is 76.2 Å². The van der Waals surface area contributed by atoms with Crippen LogP contribution >= 0.6 is 0 Å². The quantitative estimate of drug-likeness (QED) is 0.0306. The highest BCUT2D eigenvalue weighted by Crippen LogP contribution is 2.43. The second-order valence-electron chi connectivity index (χ2n) is 16.0. The minimum Gasteiger partial charge on any atom is -0.507 e. The zero-order chi connectivity index (χ0) is 49.0. The summed E-state index contributed by atoms with van der Waals surface area (Å²) in [5, 5.41) is 29.3. The van der Waals surface area contributed by atoms with Crippen LogP contribution in [0, 0.1) is 0 Å². The third kappa shape index (κ3) is 11.7. The molecule has 4 aromatic carbocycles. The molecule has 0 unspecified atom stereocenters. The number of benzene rings is 5. The van der Waals surface area contributed by atoms with Gasteiger partial charge in [0, 0.05) is 82.6 Å². The number of ether oxygens (including phenoxy) is 2. The number of phenols is 1. The van der Waals surface area contributed by atoms with Crippen LogP contribution in [-0.2, 0) is 42.3 Å². The SMILES string of the molecule is CC[C@@H](CO)OCn1cc(CCOCCNC(=O)c2ccc(CNC(=O)c3ccc(C=O)c(-c4c5ccc(=O)cc-5oc5c(CNC(=O)c6ccc(CN)cc6)c(O)ccc45)c3)cc2)c(=O)[nH]c1=O. The molecule has 7 rings (SSSR count). The van der Waals surface area contributed by atoms with Crippen molar-refractivity contribution in [3.63, 3.8) is 0 Å². The lowest BCUT2D eigenvalue weighted by Gasteiger charge is -2.19. The molecule has 3 amide bonds. The number of nitrogens with zero attached hydrogens (tertiary/aromatic N) is 1. The molecule has 18 nitrogen and oxygen atoms in total. The van der Waals surface area contributed by atoms with E-state index in [1.54, 1.807) is 66.7 Å². The van der Waals surface area contributed by atoms with Gasteiger partial charge in [-0.15, -0.1) is 0 Å². The molecular weight excluding hydrogens is 889 g/mol. The Labute approximate surface area is 394 Å². The van der Waals surface area contributed by atoms with Gasteiger partial charge in [0.15, 0.2) is 11.7 Å². The predicted molar refractivity (Wildman–Crippen MR) is 255 cm³/mol. The number of carbonyl (C=O) groups excluding carboxylic acids is 4. The molecule has 18 heteroatoms. The van der Waals surface area contributed by atoms with E-state index in [0.29, 0.717) is 63.6 Å². The van der Waals surface area contributed by atoms with Crippen LogP contribution in [0.15, 0.2) is 122 Å². The van der Waals surface area contributed by atoms with E-state index in [4.69, 9.17) is 19.6 Å². The minimum atomic E-state index is -0.630. The van der Waals surface area contributed by atoms with Gasteiger partial charge >= 0.3 is 5.69 Å². The molecule has 0 bridgehead atoms. The zero-order valence-corrected chi connectivity index (χ0v) is 37.5. The summed E-state index contributed by atoms with van der Waals surface area (Å²) >= 11 is 0. The third-order valence-corrected chi connectivity index (χ3v) is 11.4. The largest absolute Gasteiger partial charge is 0.507 e. The molecule has 0 fully saturated rings. The Hall–Kier alpha value is -8.03. The van der Waals surface area contributed by atoms with Crippen LogP contribution in [0.3, 0.4) is 0 Å². The van der Waals surface area contributed by atoms with Crippen molar-refractivity contribution >= 4 is 35.0 Å². The number of hydrogen-bond acceptors (Lipinski definition) is 13. The van der Waals surface area contributed by atoms with E-state index in [1.807, 2.05) is 6.92 Å². The number of rotatable bonds is 21. The molecule has 1 atom stereocenters. The summed E-state index contributed by atoms with van der Waals surface area (Å²) in [6.45, 7) is 2.26. The van der Waals surface area contributed by atoms with Gasteiger partial charge in [-0.1, -0.05) is 37.3 Å². The van der Waals surface area contributed by atoms with E-state index in [-0.39, 0.29) is 97.7 Å². The molecule has 2 heterocycles. The second-order valence-corrected chi connectivity index (χ2v) is 16.0. The molecule has 1 aliphatic carbocycles. The van der Waals surface area contributed by atoms with Gasteiger partial charge in [-0.3, -0.25) is 38.3 Å². The van der Waals surface area contributed by atoms with Crippen LogP contribution in [0.4, 0.5) is 0 Å². The number of hydrogen-bond donors (Lipinski definition) is 7. The molecule has 1 aliphatic heterocycles. The number of phenolic OH excluding ortho intramolecular Hbond substituents is 1. The molecule has 0 radical (unpaired) electrons. The summed E-state index contributed by atoms with van der Waals surface area (Å²) in [4.78, 5) is 91.5. The van der Waals surface area contributed by atoms with Crippen molar-refractivity contribution in [3.8, 4) is 28.2 Å². The molecule has 0 spiro atoms. The number of nitrogens with one attached hydrogen (secondary N) is 4. The number of fused-ring (bicyclic) bond motifs is 2. The van der Waals surface area contributed by atoms with Gasteiger partial charge in [-0.2, -0.15) is 0 Å². The van der Waals surface area contributed by atoms with Gasteiger partial charge in [0.05, 0.1) is 38.0 Å². The summed E-state index contributed by atoms with van der Waals surface area (Å²) in [7, 11) is 0. The number of amides is 3. The summed E-state index contributed by atoms with van der Waals surface area (Å²) in [6, 6.07) is 25.2. The van der Waals surface area contributed by atoms with Crippen molar-refractivity contribution < 1.29 is 43.3 Å². The summed E-state index contributed by atoms with van der Waals surface area (Å²) in [5.74, 6) is -1.26. The average molecular weight is 939 g/mol. The maximum Gasteiger partial charge on any atom is 0.330 e. The van der Waals surface area contributed by atoms with Crippen molar-refractivity contribution in [1.82, 2.24) is 25.5 Å². The number of aromatic nitrogens is 2. The Morgan fingerprint density at radius 2 is 1.49 bits per heavy atom. The van der Waals surface area contributed by atoms with Gasteiger partial charge in [-0.05, 0) is 83.8 Å². The Balaban J connectivity index is 0.986. The Bertz CT molecular complexity index is 3140. The normalized spacial score (nSPS) is 11.6. The molecule has 5 aromatic rings. The number of aromatic amines is 1. The van der Waals surface area contributed by atoms with E-state index in [9.17, 15) is 43.8 Å². The fourth-order valence-corrected chi connectivity index (χ4v) is 7.52. The maximum atomic E-state index is 13.7. The highest BCUT2D eigenvalue weighted by atomic mass is 16.5. The molecule has 356 valence electrons. The topological polar surface area (TPSA) is 274 Å². The summed E-state index contributed by atoms with van der Waals surface area (Å²) in [5.41, 5.74) is 8.87. The van der Waals surface area contributed by atoms with Crippen LogP contribution in [0.2, 0.25) is 0 Å². The van der Waals surface area contributed by atoms with Crippen LogP contribution in [0.25, 0.3) is 33.4 Å². The monoisotopic (exact) mass is 938 g/mol. The van der Waals surface area contributed by atoms with Gasteiger partial charge in [-0.25, -0.2) is 4.79 Å². The first-order valence-corrected chi connectivity index (χ1v) is 22.1. The van der Waals surface area contributed by atoms with E-state index in [1.165, 1.54) is 41.1 Å². The van der Waals surface area contributed by atoms with Crippen molar-refractivity contribution in [1.29, 1.82) is 0 Å². The lowest BCUT2D eigenvalue weighted by atomic mass is 9.89. The van der Waals surface area contributed by atoms with Gasteiger partial charge in [0.1, 0.15) is 23.8 Å². The minimum absolute atomic E-state index is 0.0997. The van der Waals surface area contributed by atoms with Crippen LogP contribution in [0.5, 0.6) is 5.75 Å². The van der Waals surface area contributed by atoms with Crippen LogP contribution < -0.4 is 38.4 Å². The highest BCUT2D eigenvalue weighted by molar-refractivity contribution is 6.08. The molecule has 0 saturated carbocycles. The summed E-state index contributed by atoms with van der Waals surface area (Å²) < 4.78 is 18.6. The first kappa shape index (κ1) is 48.9. The van der Waals surface area contributed by atoms with Crippen molar-refractivity contribution in [3.05, 3.63) is 179 Å². The second kappa shape index (κ2) is 22.6. The number of aliphatic hydroxyl groups is 1. The molecular formula is C51H50N6O12. The smallest absolute Gasteiger partial charge is 0.330 e. The van der Waals surface area contributed by atoms with Gasteiger partial charge in [0.25, 0.3) is 23.3 Å². The van der Waals surface area contributed by atoms with E-state index in [2.05, 4.69) is 20.9 Å². The molecule has 69 heavy (non-hydrogen) atoms. The lowest BCUT2D eigenvalue weighted by Crippen LogP contribution is -2.34. The Morgan fingerprint density at radius 3 is 2.19 bits per heavy atom. The third-order valence-electron chi connectivity index (χ3n) is 11.4. The average Bonchev–Trinajstić information content (AvgIpc) is 3.36. The summed E-state index contributed by atoms with van der Waals surface area (Å²) in [6.07, 6.45) is 2.37. The number of aliphatic hydroxyl groups excluding tert-OH is 1. The fraction of sp³-hybridized carbons (Fsp3) is 0.235. The maximum absolute atomic E-state index is 13.7. The van der Waals surface area contributed by atoms with E-state index < -0.39 is 29.2 Å². The number of nitrogens with two attached hydrogens (primary N) is 1.